The van der Waals surface area contributed by atoms with E-state index in [1.54, 1.807) is 32.3 Å². The summed E-state index contributed by atoms with van der Waals surface area (Å²) in [5.41, 5.74) is 12.5. The minimum Gasteiger partial charge on any atom is -0.482 e. The van der Waals surface area contributed by atoms with Crippen LogP contribution in [0, 0.1) is 22.6 Å². The van der Waals surface area contributed by atoms with Crippen molar-refractivity contribution in [3.63, 3.8) is 0 Å². The third-order valence-electron chi connectivity index (χ3n) is 5.85. The number of anilines is 1. The predicted octanol–water partition coefficient (Wildman–Crippen LogP) is 3.65. The summed E-state index contributed by atoms with van der Waals surface area (Å²) in [5.74, 6) is 0.754. The Balaban J connectivity index is 1.91. The highest BCUT2D eigenvalue weighted by molar-refractivity contribution is 6.48. The minimum absolute atomic E-state index is 0.131. The van der Waals surface area contributed by atoms with E-state index in [-0.39, 0.29) is 18.0 Å². The van der Waals surface area contributed by atoms with Gasteiger partial charge in [-0.1, -0.05) is 0 Å². The number of allylic oxidation sites excluding steroid dienone is 1. The number of hydrogen-bond donors (Lipinski definition) is 5. The molecule has 2 aromatic rings. The molecule has 9 heteroatoms. The number of halogens is 1. The van der Waals surface area contributed by atoms with E-state index in [0.717, 1.165) is 17.8 Å². The zero-order valence-electron chi connectivity index (χ0n) is 18.7. The largest absolute Gasteiger partial charge is 0.482 e. The second kappa shape index (κ2) is 9.40. The van der Waals surface area contributed by atoms with E-state index in [4.69, 9.17) is 21.3 Å². The summed E-state index contributed by atoms with van der Waals surface area (Å²) in [4.78, 5) is 4.31. The van der Waals surface area contributed by atoms with Gasteiger partial charge in [-0.15, -0.1) is 0 Å². The maximum absolute atomic E-state index is 14.2. The molecule has 0 unspecified atom stereocenters. The molecule has 1 aliphatic carbocycles. The molecule has 0 spiro atoms. The second-order valence-corrected chi connectivity index (χ2v) is 8.30. The summed E-state index contributed by atoms with van der Waals surface area (Å²) in [6.45, 7) is 2.56. The van der Waals surface area contributed by atoms with Crippen LogP contribution in [0.5, 0.6) is 5.75 Å². The molecule has 2 heterocycles. The molecule has 0 saturated heterocycles. The average molecular weight is 450 g/mol. The number of pyridine rings is 1. The molecule has 1 atom stereocenters. The lowest BCUT2D eigenvalue weighted by Gasteiger charge is -2.23. The lowest BCUT2D eigenvalue weighted by molar-refractivity contribution is 0.227. The van der Waals surface area contributed by atoms with E-state index in [9.17, 15) is 4.39 Å². The maximum atomic E-state index is 14.2. The summed E-state index contributed by atoms with van der Waals surface area (Å²) < 4.78 is 20.3. The van der Waals surface area contributed by atoms with Gasteiger partial charge in [-0.2, -0.15) is 5.10 Å². The smallest absolute Gasteiger partial charge is 0.166 e. The van der Waals surface area contributed by atoms with Crippen molar-refractivity contribution < 1.29 is 9.13 Å². The molecule has 6 N–H and O–H groups in total. The highest BCUT2D eigenvalue weighted by atomic mass is 19.1. The first kappa shape index (κ1) is 22.4. The van der Waals surface area contributed by atoms with Crippen molar-refractivity contribution in [2.75, 3.05) is 19.3 Å². The van der Waals surface area contributed by atoms with Gasteiger partial charge >= 0.3 is 0 Å². The van der Waals surface area contributed by atoms with Crippen LogP contribution in [0.15, 0.2) is 41.1 Å². The summed E-state index contributed by atoms with van der Waals surface area (Å²) in [6, 6.07) is 6.02. The SMILES string of the molecule is CN/N=C1/C/C(C=N)=C(/NCC2CC2)c2cnc(N)c(c2)O[C@H](C)c2cc(F)ccc2C1=N. The zero-order valence-corrected chi connectivity index (χ0v) is 18.7. The Morgan fingerprint density at radius 3 is 2.82 bits per heavy atom. The molecular formula is C24H28FN7O. The molecule has 0 radical (unpaired) electrons. The third-order valence-corrected chi connectivity index (χ3v) is 5.85. The fourth-order valence-corrected chi connectivity index (χ4v) is 3.87. The molecule has 172 valence electrons. The van der Waals surface area contributed by atoms with Crippen LogP contribution < -0.4 is 21.2 Å². The second-order valence-electron chi connectivity index (χ2n) is 8.30. The maximum Gasteiger partial charge on any atom is 0.166 e. The van der Waals surface area contributed by atoms with E-state index in [1.807, 2.05) is 0 Å². The molecule has 2 aliphatic rings. The number of nitrogens with one attached hydrogen (secondary N) is 4. The van der Waals surface area contributed by atoms with Gasteiger partial charge in [0.25, 0.3) is 0 Å². The fourth-order valence-electron chi connectivity index (χ4n) is 3.87. The molecule has 1 aliphatic heterocycles. The number of hydrazone groups is 1. The van der Waals surface area contributed by atoms with E-state index in [0.29, 0.717) is 34.1 Å². The van der Waals surface area contributed by atoms with Gasteiger partial charge in [-0.05, 0) is 55.5 Å². The Bertz CT molecular complexity index is 1150. The molecule has 33 heavy (non-hydrogen) atoms. The van der Waals surface area contributed by atoms with Crippen LogP contribution in [0.4, 0.5) is 10.2 Å². The number of benzene rings is 1. The van der Waals surface area contributed by atoms with Gasteiger partial charge < -0.3 is 26.6 Å². The number of nitrogen functional groups attached to an aromatic ring is 1. The van der Waals surface area contributed by atoms with Crippen molar-refractivity contribution in [2.24, 2.45) is 11.0 Å². The van der Waals surface area contributed by atoms with Crippen molar-refractivity contribution in [1.82, 2.24) is 15.7 Å². The van der Waals surface area contributed by atoms with Crippen LogP contribution in [0.25, 0.3) is 5.70 Å². The van der Waals surface area contributed by atoms with Crippen LogP contribution in [0.2, 0.25) is 0 Å². The number of nitrogens with two attached hydrogens (primary N) is 1. The van der Waals surface area contributed by atoms with Crippen LogP contribution in [0.3, 0.4) is 0 Å². The number of rotatable bonds is 5. The van der Waals surface area contributed by atoms with Crippen LogP contribution >= 0.6 is 0 Å². The first-order chi connectivity index (χ1) is 15.9. The Kier molecular flexibility index (Phi) is 6.39. The molecule has 1 saturated carbocycles. The molecular weight excluding hydrogens is 421 g/mol. The van der Waals surface area contributed by atoms with Crippen molar-refractivity contribution in [3.05, 3.63) is 58.5 Å². The van der Waals surface area contributed by atoms with Gasteiger partial charge in [-0.25, -0.2) is 9.37 Å². The standard InChI is InChI=1S/C24H28FN7O/c1-13-19-9-17(25)5-6-18(19)22(27)20(32-29-2)7-15(10-26)23(30-11-14-3-4-14)16-8-21(33-13)24(28)31-12-16/h5-6,8-10,12-14,26-27,29-30H,3-4,7,11H2,1-2H3,(H2,28,31)/b23-15-,26-10?,27-22?,32-20-/t13-/m1/s1. The lowest BCUT2D eigenvalue weighted by atomic mass is 9.92. The van der Waals surface area contributed by atoms with Gasteiger partial charge in [0.1, 0.15) is 11.9 Å². The summed E-state index contributed by atoms with van der Waals surface area (Å²) in [5, 5.41) is 24.8. The van der Waals surface area contributed by atoms with Crippen molar-refractivity contribution in [3.8, 4) is 5.75 Å². The molecule has 0 amide bonds. The first-order valence-corrected chi connectivity index (χ1v) is 10.9. The van der Waals surface area contributed by atoms with Crippen LogP contribution in [-0.2, 0) is 0 Å². The van der Waals surface area contributed by atoms with Crippen LogP contribution in [-0.4, -0.2) is 36.2 Å². The minimum atomic E-state index is -0.597. The first-order valence-electron chi connectivity index (χ1n) is 10.9. The molecule has 4 rings (SSSR count). The predicted molar refractivity (Wildman–Crippen MR) is 128 cm³/mol. The number of ether oxygens (including phenoxy) is 1. The van der Waals surface area contributed by atoms with E-state index >= 15 is 0 Å². The van der Waals surface area contributed by atoms with E-state index in [1.165, 1.54) is 31.2 Å². The van der Waals surface area contributed by atoms with Crippen molar-refractivity contribution in [1.29, 1.82) is 10.8 Å². The Morgan fingerprint density at radius 2 is 2.12 bits per heavy atom. The topological polar surface area (TPSA) is 132 Å². The average Bonchev–Trinajstić information content (AvgIpc) is 3.63. The van der Waals surface area contributed by atoms with Gasteiger partial charge in [-0.3, -0.25) is 5.41 Å². The Hall–Kier alpha value is -3.75. The third kappa shape index (κ3) is 4.87. The van der Waals surface area contributed by atoms with Crippen molar-refractivity contribution >= 4 is 29.2 Å². The summed E-state index contributed by atoms with van der Waals surface area (Å²) in [6.07, 6.45) is 4.89. The lowest BCUT2D eigenvalue weighted by Crippen LogP contribution is -2.24. The van der Waals surface area contributed by atoms with Gasteiger partial charge in [0.2, 0.25) is 0 Å². The highest BCUT2D eigenvalue weighted by Gasteiger charge is 2.25. The number of fused-ring (bicyclic) bond motifs is 3. The molecule has 1 aromatic heterocycles. The fraction of sp³-hybridized carbons (Fsp3) is 0.333. The van der Waals surface area contributed by atoms with E-state index < -0.39 is 11.9 Å². The number of hydrogen-bond acceptors (Lipinski definition) is 8. The van der Waals surface area contributed by atoms with E-state index in [2.05, 4.69) is 20.8 Å². The zero-order chi connectivity index (χ0) is 23.5. The highest BCUT2D eigenvalue weighted by Crippen LogP contribution is 2.33. The van der Waals surface area contributed by atoms with Gasteiger partial charge in [0.05, 0.1) is 11.4 Å². The quantitative estimate of drug-likeness (QED) is 0.351. The van der Waals surface area contributed by atoms with Gasteiger partial charge in [0.15, 0.2) is 11.6 Å². The molecule has 8 nitrogen and oxygen atoms in total. The Labute approximate surface area is 192 Å². The van der Waals surface area contributed by atoms with Crippen LogP contribution in [0.1, 0.15) is 49.0 Å². The van der Waals surface area contributed by atoms with Crippen molar-refractivity contribution in [2.45, 2.75) is 32.3 Å². The monoisotopic (exact) mass is 449 g/mol. The molecule has 1 fully saturated rings. The summed E-state index contributed by atoms with van der Waals surface area (Å²) in [7, 11) is 1.66. The molecule has 1 aromatic carbocycles. The number of aromatic nitrogens is 1. The summed E-state index contributed by atoms with van der Waals surface area (Å²) >= 11 is 0. The molecule has 2 bridgehead atoms. The Morgan fingerprint density at radius 1 is 1.33 bits per heavy atom. The number of nitrogens with zero attached hydrogens (tertiary/aromatic N) is 2. The normalized spacial score (nSPS) is 22.0. The van der Waals surface area contributed by atoms with Gasteiger partial charge in [0, 0.05) is 54.8 Å².